The van der Waals surface area contributed by atoms with Crippen molar-refractivity contribution in [1.29, 1.82) is 0 Å². The van der Waals surface area contributed by atoms with Crippen LogP contribution >= 0.6 is 27.3 Å². The number of benzene rings is 1. The van der Waals surface area contributed by atoms with Gasteiger partial charge in [0.05, 0.1) is 21.6 Å². The molecule has 1 unspecified atom stereocenters. The average molecular weight is 382 g/mol. The quantitative estimate of drug-likeness (QED) is 0.848. The summed E-state index contributed by atoms with van der Waals surface area (Å²) in [7, 11) is 0. The lowest BCUT2D eigenvalue weighted by atomic mass is 10.1. The number of anilines is 1. The number of fused-ring (bicyclic) bond motifs is 1. The van der Waals surface area contributed by atoms with Crippen molar-refractivity contribution in [3.63, 3.8) is 0 Å². The Labute approximate surface area is 141 Å². The van der Waals surface area contributed by atoms with E-state index in [1.54, 1.807) is 6.07 Å². The molecule has 0 aliphatic carbocycles. The van der Waals surface area contributed by atoms with Crippen molar-refractivity contribution >= 4 is 38.9 Å². The molecule has 1 aliphatic heterocycles. The maximum absolute atomic E-state index is 12.3. The number of halogens is 1. The summed E-state index contributed by atoms with van der Waals surface area (Å²) in [6, 6.07) is 5.61. The van der Waals surface area contributed by atoms with Crippen LogP contribution in [-0.2, 0) is 6.42 Å². The highest BCUT2D eigenvalue weighted by Crippen LogP contribution is 2.38. The highest BCUT2D eigenvalue weighted by atomic mass is 79.9. The molecule has 2 heterocycles. The van der Waals surface area contributed by atoms with Gasteiger partial charge < -0.3 is 14.8 Å². The predicted molar refractivity (Wildman–Crippen MR) is 91.4 cm³/mol. The number of carbonyl (C=O) groups excluding carboxylic acids is 1. The largest absolute Gasteiger partial charge is 0.492 e. The van der Waals surface area contributed by atoms with Gasteiger partial charge in [-0.15, -0.1) is 11.3 Å². The van der Waals surface area contributed by atoms with E-state index in [-0.39, 0.29) is 12.0 Å². The van der Waals surface area contributed by atoms with E-state index >= 15 is 0 Å². The zero-order valence-electron chi connectivity index (χ0n) is 12.3. The predicted octanol–water partition coefficient (Wildman–Crippen LogP) is 4.49. The van der Waals surface area contributed by atoms with Crippen molar-refractivity contribution < 1.29 is 14.3 Å². The molecule has 116 valence electrons. The fraction of sp³-hybridized carbons (Fsp3) is 0.312. The second-order valence-corrected chi connectivity index (χ2v) is 7.41. The molecule has 1 atom stereocenters. The van der Waals surface area contributed by atoms with Crippen LogP contribution in [0.5, 0.6) is 11.5 Å². The summed E-state index contributed by atoms with van der Waals surface area (Å²) in [5.41, 5.74) is 2.38. The van der Waals surface area contributed by atoms with Crippen molar-refractivity contribution in [3.8, 4) is 11.5 Å². The highest BCUT2D eigenvalue weighted by molar-refractivity contribution is 9.11. The first-order valence-electron chi connectivity index (χ1n) is 7.08. The van der Waals surface area contributed by atoms with E-state index in [0.717, 1.165) is 21.5 Å². The molecule has 0 fully saturated rings. The van der Waals surface area contributed by atoms with Gasteiger partial charge >= 0.3 is 0 Å². The number of rotatable bonds is 4. The summed E-state index contributed by atoms with van der Waals surface area (Å²) in [6.45, 7) is 4.50. The Morgan fingerprint density at radius 2 is 2.32 bits per heavy atom. The van der Waals surface area contributed by atoms with Gasteiger partial charge in [0.25, 0.3) is 5.91 Å². The maximum atomic E-state index is 12.3. The number of ether oxygens (including phenoxy) is 2. The molecule has 4 nitrogen and oxygen atoms in total. The number of carbonyl (C=O) groups is 1. The fourth-order valence-corrected chi connectivity index (χ4v) is 3.57. The van der Waals surface area contributed by atoms with Gasteiger partial charge in [0.1, 0.15) is 17.6 Å². The second-order valence-electron chi connectivity index (χ2n) is 5.12. The first-order chi connectivity index (χ1) is 10.6. The number of nitrogens with one attached hydrogen (secondary N) is 1. The van der Waals surface area contributed by atoms with Gasteiger partial charge in [-0.1, -0.05) is 0 Å². The normalized spacial score (nSPS) is 16.0. The molecule has 1 amide bonds. The first kappa shape index (κ1) is 15.4. The van der Waals surface area contributed by atoms with E-state index in [9.17, 15) is 4.79 Å². The Kier molecular flexibility index (Phi) is 4.40. The summed E-state index contributed by atoms with van der Waals surface area (Å²) in [4.78, 5) is 12.3. The number of hydrogen-bond acceptors (Lipinski definition) is 4. The zero-order valence-corrected chi connectivity index (χ0v) is 14.7. The molecular weight excluding hydrogens is 366 g/mol. The monoisotopic (exact) mass is 381 g/mol. The van der Waals surface area contributed by atoms with Crippen molar-refractivity contribution in [1.82, 2.24) is 0 Å². The van der Waals surface area contributed by atoms with E-state index in [0.29, 0.717) is 23.6 Å². The summed E-state index contributed by atoms with van der Waals surface area (Å²) >= 11 is 4.84. The molecular formula is C16H16BrNO3S. The Hall–Kier alpha value is -1.53. The first-order valence-corrected chi connectivity index (χ1v) is 8.76. The van der Waals surface area contributed by atoms with Crippen LogP contribution in [0.2, 0.25) is 0 Å². The lowest BCUT2D eigenvalue weighted by Gasteiger charge is -2.13. The Morgan fingerprint density at radius 3 is 3.00 bits per heavy atom. The van der Waals surface area contributed by atoms with E-state index in [1.165, 1.54) is 11.3 Å². The van der Waals surface area contributed by atoms with E-state index in [1.807, 2.05) is 31.4 Å². The van der Waals surface area contributed by atoms with Crippen LogP contribution in [0.1, 0.15) is 29.8 Å². The Balaban J connectivity index is 1.89. The maximum Gasteiger partial charge on any atom is 0.256 e. The molecule has 2 aromatic rings. The minimum absolute atomic E-state index is 0.156. The minimum Gasteiger partial charge on any atom is -0.492 e. The molecule has 6 heteroatoms. The van der Waals surface area contributed by atoms with Crippen LogP contribution in [0, 0.1) is 0 Å². The van der Waals surface area contributed by atoms with Crippen LogP contribution < -0.4 is 14.8 Å². The molecule has 0 bridgehead atoms. The summed E-state index contributed by atoms with van der Waals surface area (Å²) in [5, 5.41) is 4.72. The Morgan fingerprint density at radius 1 is 1.50 bits per heavy atom. The van der Waals surface area contributed by atoms with Gasteiger partial charge in [-0.05, 0) is 41.9 Å². The molecule has 1 aliphatic rings. The van der Waals surface area contributed by atoms with Crippen molar-refractivity contribution in [2.24, 2.45) is 0 Å². The SMILES string of the molecule is CCOc1cc2c(cc1NC(=O)c1csc(Br)c1)OC(C)C2. The van der Waals surface area contributed by atoms with Crippen molar-refractivity contribution in [2.75, 3.05) is 11.9 Å². The molecule has 0 radical (unpaired) electrons. The molecule has 1 aromatic heterocycles. The van der Waals surface area contributed by atoms with Gasteiger partial charge in [0.15, 0.2) is 0 Å². The standard InChI is InChI=1S/C16H16BrNO3S/c1-3-20-14-5-10-4-9(2)21-13(10)7-12(14)18-16(19)11-6-15(17)22-8-11/h5-9H,3-4H2,1-2H3,(H,18,19). The van der Waals surface area contributed by atoms with Gasteiger partial charge in [-0.2, -0.15) is 0 Å². The van der Waals surface area contributed by atoms with Crippen LogP contribution in [-0.4, -0.2) is 18.6 Å². The minimum atomic E-state index is -0.158. The molecule has 0 saturated carbocycles. The summed E-state index contributed by atoms with van der Waals surface area (Å²) < 4.78 is 12.3. The van der Waals surface area contributed by atoms with Gasteiger partial charge in [0.2, 0.25) is 0 Å². The van der Waals surface area contributed by atoms with E-state index in [2.05, 4.69) is 21.2 Å². The molecule has 3 rings (SSSR count). The Bertz CT molecular complexity index is 713. The van der Waals surface area contributed by atoms with E-state index in [4.69, 9.17) is 9.47 Å². The fourth-order valence-electron chi connectivity index (χ4n) is 2.44. The molecule has 0 saturated heterocycles. The zero-order chi connectivity index (χ0) is 15.7. The van der Waals surface area contributed by atoms with Crippen molar-refractivity contribution in [2.45, 2.75) is 26.4 Å². The third-order valence-corrected chi connectivity index (χ3v) is 4.88. The molecule has 1 aromatic carbocycles. The third-order valence-electron chi connectivity index (χ3n) is 3.38. The van der Waals surface area contributed by atoms with E-state index < -0.39 is 0 Å². The summed E-state index contributed by atoms with van der Waals surface area (Å²) in [6.07, 6.45) is 1.02. The topological polar surface area (TPSA) is 47.6 Å². The molecule has 22 heavy (non-hydrogen) atoms. The third kappa shape index (κ3) is 3.13. The average Bonchev–Trinajstić information content (AvgIpc) is 3.04. The van der Waals surface area contributed by atoms with Gasteiger partial charge in [-0.25, -0.2) is 0 Å². The van der Waals surface area contributed by atoms with Crippen LogP contribution in [0.3, 0.4) is 0 Å². The molecule has 0 spiro atoms. The number of hydrogen-bond donors (Lipinski definition) is 1. The smallest absolute Gasteiger partial charge is 0.256 e. The second kappa shape index (κ2) is 6.30. The number of thiophene rings is 1. The van der Waals surface area contributed by atoms with Crippen LogP contribution in [0.4, 0.5) is 5.69 Å². The van der Waals surface area contributed by atoms with Gasteiger partial charge in [-0.3, -0.25) is 4.79 Å². The lowest BCUT2D eigenvalue weighted by molar-refractivity contribution is 0.102. The van der Waals surface area contributed by atoms with Crippen LogP contribution in [0.25, 0.3) is 0 Å². The van der Waals surface area contributed by atoms with Crippen LogP contribution in [0.15, 0.2) is 27.4 Å². The lowest BCUT2D eigenvalue weighted by Crippen LogP contribution is -2.12. The van der Waals surface area contributed by atoms with Gasteiger partial charge in [0, 0.05) is 23.4 Å². The highest BCUT2D eigenvalue weighted by Gasteiger charge is 2.23. The summed E-state index contributed by atoms with van der Waals surface area (Å²) in [5.74, 6) is 1.34. The molecule has 1 N–H and O–H groups in total. The van der Waals surface area contributed by atoms with Crippen molar-refractivity contribution in [3.05, 3.63) is 38.5 Å². The number of amides is 1.